The molecule has 1 N–H and O–H groups in total. The quantitative estimate of drug-likeness (QED) is 0.671. The number of likely N-dealkylation sites (tertiary alicyclic amines) is 1. The third-order valence-corrected chi connectivity index (χ3v) is 6.24. The van der Waals surface area contributed by atoms with Gasteiger partial charge in [0.2, 0.25) is 0 Å². The second-order valence-electron chi connectivity index (χ2n) is 7.51. The molecule has 0 aliphatic carbocycles. The summed E-state index contributed by atoms with van der Waals surface area (Å²) in [6.07, 6.45) is 1.02. The second-order valence-corrected chi connectivity index (χ2v) is 8.36. The molecule has 0 unspecified atom stereocenters. The van der Waals surface area contributed by atoms with Crippen molar-refractivity contribution in [1.82, 2.24) is 15.2 Å². The average Bonchev–Trinajstić information content (AvgIpc) is 3.55. The molecule has 31 heavy (non-hydrogen) atoms. The number of aromatic nitrogens is 1. The zero-order chi connectivity index (χ0) is 21.2. The topological polar surface area (TPSA) is 93.9 Å². The van der Waals surface area contributed by atoms with Crippen LogP contribution in [0.2, 0.25) is 0 Å². The smallest absolute Gasteiger partial charge is 0.289 e. The van der Waals surface area contributed by atoms with Gasteiger partial charge in [0.25, 0.3) is 11.8 Å². The molecule has 160 valence electrons. The maximum absolute atomic E-state index is 12.6. The number of ether oxygens (including phenoxy) is 2. The van der Waals surface area contributed by atoms with Gasteiger partial charge in [-0.05, 0) is 12.1 Å². The van der Waals surface area contributed by atoms with Gasteiger partial charge < -0.3 is 24.1 Å². The van der Waals surface area contributed by atoms with E-state index in [4.69, 9.17) is 13.9 Å². The monoisotopic (exact) mass is 439 g/mol. The molecule has 1 aromatic carbocycles. The van der Waals surface area contributed by atoms with Crippen LogP contribution in [0.25, 0.3) is 10.6 Å². The first-order valence-electron chi connectivity index (χ1n) is 10.0. The summed E-state index contributed by atoms with van der Waals surface area (Å²) in [6, 6.07) is 12.8. The Bertz CT molecular complexity index is 1040. The predicted octanol–water partition coefficient (Wildman–Crippen LogP) is 2.44. The lowest BCUT2D eigenvalue weighted by Crippen LogP contribution is -2.41. The van der Waals surface area contributed by atoms with Crippen LogP contribution in [-0.4, -0.2) is 66.3 Å². The third kappa shape index (κ3) is 4.25. The van der Waals surface area contributed by atoms with E-state index in [-0.39, 0.29) is 30.1 Å². The molecule has 0 radical (unpaired) electrons. The predicted molar refractivity (Wildman–Crippen MR) is 113 cm³/mol. The number of rotatable bonds is 4. The molecule has 2 saturated heterocycles. The number of hydrogen-bond donors (Lipinski definition) is 1. The van der Waals surface area contributed by atoms with Crippen molar-refractivity contribution >= 4 is 23.2 Å². The van der Waals surface area contributed by atoms with Crippen molar-refractivity contribution in [3.63, 3.8) is 0 Å². The van der Waals surface area contributed by atoms with E-state index in [0.29, 0.717) is 37.8 Å². The van der Waals surface area contributed by atoms with E-state index in [2.05, 4.69) is 10.3 Å². The first kappa shape index (κ1) is 19.9. The number of benzene rings is 1. The van der Waals surface area contributed by atoms with Gasteiger partial charge in [-0.3, -0.25) is 9.59 Å². The first-order valence-corrected chi connectivity index (χ1v) is 10.9. The zero-order valence-electron chi connectivity index (χ0n) is 16.6. The minimum atomic E-state index is -0.283. The van der Waals surface area contributed by atoms with Gasteiger partial charge in [-0.25, -0.2) is 4.98 Å². The molecule has 2 aliphatic heterocycles. The molecule has 2 amide bonds. The van der Waals surface area contributed by atoms with Crippen molar-refractivity contribution in [3.05, 3.63) is 65.6 Å². The van der Waals surface area contributed by atoms with Crippen LogP contribution < -0.4 is 5.32 Å². The Balaban J connectivity index is 1.16. The standard InChI is InChI=1S/C22H21N3O5S/c26-20(16-13-31-21(24-16)14-5-2-1-3-6-14)23-15-11-29-18-9-25(10-19(18)30-12-15)22(27)17-7-4-8-28-17/h1-8,13,15,18-19H,9-12H2,(H,23,26)/t18-,19-/m0/s1. The molecular formula is C22H21N3O5S. The maximum Gasteiger partial charge on any atom is 0.289 e. The molecular weight excluding hydrogens is 418 g/mol. The van der Waals surface area contributed by atoms with E-state index in [0.717, 1.165) is 10.6 Å². The molecule has 5 rings (SSSR count). The molecule has 3 aromatic rings. The molecule has 2 aliphatic rings. The summed E-state index contributed by atoms with van der Waals surface area (Å²) in [5, 5.41) is 5.50. The fourth-order valence-corrected chi connectivity index (χ4v) is 4.55. The van der Waals surface area contributed by atoms with Crippen LogP contribution in [0.15, 0.2) is 58.5 Å². The Labute approximate surface area is 182 Å². The number of carbonyl (C=O) groups is 2. The van der Waals surface area contributed by atoms with E-state index >= 15 is 0 Å². The fourth-order valence-electron chi connectivity index (χ4n) is 3.75. The van der Waals surface area contributed by atoms with Crippen LogP contribution in [0.3, 0.4) is 0 Å². The largest absolute Gasteiger partial charge is 0.459 e. The van der Waals surface area contributed by atoms with Gasteiger partial charge in [0.15, 0.2) is 5.76 Å². The Morgan fingerprint density at radius 1 is 1.03 bits per heavy atom. The van der Waals surface area contributed by atoms with Gasteiger partial charge in [-0.15, -0.1) is 11.3 Å². The zero-order valence-corrected chi connectivity index (χ0v) is 17.4. The van der Waals surface area contributed by atoms with Gasteiger partial charge >= 0.3 is 0 Å². The number of hydrogen-bond acceptors (Lipinski definition) is 7. The average molecular weight is 439 g/mol. The number of furan rings is 1. The van der Waals surface area contributed by atoms with E-state index in [1.54, 1.807) is 22.4 Å². The number of thiazole rings is 1. The van der Waals surface area contributed by atoms with Crippen LogP contribution in [0.1, 0.15) is 21.0 Å². The first-order chi connectivity index (χ1) is 15.2. The molecule has 2 fully saturated rings. The van der Waals surface area contributed by atoms with Crippen molar-refractivity contribution in [1.29, 1.82) is 0 Å². The summed E-state index contributed by atoms with van der Waals surface area (Å²) < 4.78 is 17.1. The lowest BCUT2D eigenvalue weighted by Gasteiger charge is -2.18. The highest BCUT2D eigenvalue weighted by molar-refractivity contribution is 7.13. The van der Waals surface area contributed by atoms with E-state index in [9.17, 15) is 9.59 Å². The van der Waals surface area contributed by atoms with Crippen molar-refractivity contribution in [2.75, 3.05) is 26.3 Å². The molecule has 0 saturated carbocycles. The minimum absolute atomic E-state index is 0.173. The van der Waals surface area contributed by atoms with Crippen molar-refractivity contribution in [2.24, 2.45) is 0 Å². The van der Waals surface area contributed by atoms with Crippen LogP contribution in [0.4, 0.5) is 0 Å². The lowest BCUT2D eigenvalue weighted by atomic mass is 10.2. The van der Waals surface area contributed by atoms with Crippen LogP contribution in [-0.2, 0) is 9.47 Å². The molecule has 8 nitrogen and oxygen atoms in total. The number of amides is 2. The minimum Gasteiger partial charge on any atom is -0.459 e. The second kappa shape index (κ2) is 8.62. The van der Waals surface area contributed by atoms with E-state index in [1.165, 1.54) is 17.6 Å². The number of carbonyl (C=O) groups excluding carboxylic acids is 2. The molecule has 2 aromatic heterocycles. The third-order valence-electron chi connectivity index (χ3n) is 5.35. The number of fused-ring (bicyclic) bond motifs is 1. The van der Waals surface area contributed by atoms with Crippen molar-refractivity contribution in [3.8, 4) is 10.6 Å². The number of nitrogens with zero attached hydrogens (tertiary/aromatic N) is 2. The summed E-state index contributed by atoms with van der Waals surface area (Å²) in [6.45, 7) is 1.48. The Hall–Kier alpha value is -3.01. The van der Waals surface area contributed by atoms with E-state index in [1.807, 2.05) is 30.3 Å². The van der Waals surface area contributed by atoms with Gasteiger partial charge in [0.1, 0.15) is 22.9 Å². The van der Waals surface area contributed by atoms with Gasteiger partial charge in [0, 0.05) is 10.9 Å². The van der Waals surface area contributed by atoms with Crippen molar-refractivity contribution < 1.29 is 23.5 Å². The summed E-state index contributed by atoms with van der Waals surface area (Å²) in [5.41, 5.74) is 1.36. The lowest BCUT2D eigenvalue weighted by molar-refractivity contribution is -0.00461. The Kier molecular flexibility index (Phi) is 5.54. The molecule has 9 heteroatoms. The molecule has 0 spiro atoms. The maximum atomic E-state index is 12.6. The summed E-state index contributed by atoms with van der Waals surface area (Å²) in [7, 11) is 0. The normalized spacial score (nSPS) is 21.5. The highest BCUT2D eigenvalue weighted by Gasteiger charge is 2.40. The van der Waals surface area contributed by atoms with Crippen LogP contribution in [0, 0.1) is 0 Å². The summed E-state index contributed by atoms with van der Waals surface area (Å²) >= 11 is 1.43. The molecule has 2 atom stereocenters. The SMILES string of the molecule is O=C(NC1CO[C@H]2CN(C(=O)c3ccco3)C[C@@H]2OC1)c1csc(-c2ccccc2)n1. The van der Waals surface area contributed by atoms with Gasteiger partial charge in [-0.1, -0.05) is 30.3 Å². The van der Waals surface area contributed by atoms with Gasteiger partial charge in [-0.2, -0.15) is 0 Å². The molecule has 4 heterocycles. The highest BCUT2D eigenvalue weighted by atomic mass is 32.1. The van der Waals surface area contributed by atoms with Crippen LogP contribution in [0.5, 0.6) is 0 Å². The highest BCUT2D eigenvalue weighted by Crippen LogP contribution is 2.24. The van der Waals surface area contributed by atoms with Crippen molar-refractivity contribution in [2.45, 2.75) is 18.2 Å². The Morgan fingerprint density at radius 3 is 2.45 bits per heavy atom. The van der Waals surface area contributed by atoms with Gasteiger partial charge in [0.05, 0.1) is 38.6 Å². The summed E-state index contributed by atoms with van der Waals surface area (Å²) in [4.78, 5) is 31.2. The van der Waals surface area contributed by atoms with Crippen LogP contribution >= 0.6 is 11.3 Å². The summed E-state index contributed by atoms with van der Waals surface area (Å²) in [5.74, 6) is -0.120. The Morgan fingerprint density at radius 2 is 1.77 bits per heavy atom. The van der Waals surface area contributed by atoms with E-state index < -0.39 is 0 Å². The fraction of sp³-hybridized carbons (Fsp3) is 0.318. The molecule has 0 bridgehead atoms. The number of nitrogens with one attached hydrogen (secondary N) is 1.